The van der Waals surface area contributed by atoms with Gasteiger partial charge >= 0.3 is 0 Å². The molecular formula is C18H27NO. The van der Waals surface area contributed by atoms with Crippen molar-refractivity contribution < 1.29 is 4.79 Å². The highest BCUT2D eigenvalue weighted by Crippen LogP contribution is 2.35. The molecule has 1 aliphatic rings. The first-order chi connectivity index (χ1) is 9.54. The molecule has 0 saturated carbocycles. The van der Waals surface area contributed by atoms with Crippen LogP contribution in [0.4, 0.5) is 0 Å². The maximum Gasteiger partial charge on any atom is 0.223 e. The number of nitrogens with zero attached hydrogens (tertiary/aromatic N) is 1. The Bertz CT molecular complexity index is 466. The fourth-order valence-electron chi connectivity index (χ4n) is 3.24. The van der Waals surface area contributed by atoms with Gasteiger partial charge in [-0.3, -0.25) is 4.79 Å². The minimum Gasteiger partial charge on any atom is -0.340 e. The molecule has 2 nitrogen and oxygen atoms in total. The summed E-state index contributed by atoms with van der Waals surface area (Å²) in [5.74, 6) is 1.25. The van der Waals surface area contributed by atoms with Crippen molar-refractivity contribution in [3.05, 3.63) is 35.4 Å². The van der Waals surface area contributed by atoms with E-state index in [9.17, 15) is 4.79 Å². The lowest BCUT2D eigenvalue weighted by Crippen LogP contribution is -2.41. The number of aryl methyl sites for hydroxylation is 1. The highest BCUT2D eigenvalue weighted by Gasteiger charge is 2.28. The lowest BCUT2D eigenvalue weighted by molar-refractivity contribution is -0.134. The highest BCUT2D eigenvalue weighted by molar-refractivity contribution is 5.77. The molecule has 0 bridgehead atoms. The van der Waals surface area contributed by atoms with Crippen LogP contribution in [0.25, 0.3) is 0 Å². The predicted molar refractivity (Wildman–Crippen MR) is 83.8 cm³/mol. The molecule has 1 aliphatic carbocycles. The van der Waals surface area contributed by atoms with E-state index >= 15 is 0 Å². The summed E-state index contributed by atoms with van der Waals surface area (Å²) >= 11 is 0. The molecular weight excluding hydrogens is 246 g/mol. The molecule has 110 valence electrons. The van der Waals surface area contributed by atoms with Gasteiger partial charge in [0.25, 0.3) is 0 Å². The summed E-state index contributed by atoms with van der Waals surface area (Å²) in [5, 5.41) is 0. The van der Waals surface area contributed by atoms with Crippen LogP contribution < -0.4 is 0 Å². The number of fused-ring (bicyclic) bond motifs is 1. The highest BCUT2D eigenvalue weighted by atomic mass is 16.2. The molecule has 0 N–H and O–H groups in total. The Hall–Kier alpha value is -1.31. The van der Waals surface area contributed by atoms with Crippen LogP contribution in [0, 0.1) is 5.92 Å². The monoisotopic (exact) mass is 273 g/mol. The standard InChI is InChI=1S/C18H27NO/c1-5-19(14(4)13(2)3)18(20)12-16-11-10-15-8-6-7-9-17(15)16/h6-9,13-14,16H,5,10-12H2,1-4H3. The van der Waals surface area contributed by atoms with E-state index in [4.69, 9.17) is 0 Å². The summed E-state index contributed by atoms with van der Waals surface area (Å²) in [7, 11) is 0. The SMILES string of the molecule is CCN(C(=O)CC1CCc2ccccc21)C(C)C(C)C. The van der Waals surface area contributed by atoms with Crippen molar-refractivity contribution in [2.75, 3.05) is 6.54 Å². The molecule has 1 aromatic rings. The Morgan fingerprint density at radius 2 is 2.00 bits per heavy atom. The normalized spacial score (nSPS) is 18.9. The number of amides is 1. The second-order valence-electron chi connectivity index (χ2n) is 6.30. The van der Waals surface area contributed by atoms with Crippen LogP contribution in [0.5, 0.6) is 0 Å². The van der Waals surface area contributed by atoms with Gasteiger partial charge in [0.05, 0.1) is 0 Å². The third-order valence-electron chi connectivity index (χ3n) is 4.80. The summed E-state index contributed by atoms with van der Waals surface area (Å²) in [6, 6.07) is 8.92. The zero-order chi connectivity index (χ0) is 14.7. The van der Waals surface area contributed by atoms with Crippen molar-refractivity contribution in [1.29, 1.82) is 0 Å². The summed E-state index contributed by atoms with van der Waals surface area (Å²) < 4.78 is 0. The van der Waals surface area contributed by atoms with E-state index in [1.807, 2.05) is 4.90 Å². The van der Waals surface area contributed by atoms with E-state index in [0.717, 1.165) is 19.4 Å². The number of rotatable bonds is 5. The Morgan fingerprint density at radius 1 is 1.30 bits per heavy atom. The molecule has 0 spiro atoms. The molecule has 0 aromatic heterocycles. The smallest absolute Gasteiger partial charge is 0.223 e. The molecule has 20 heavy (non-hydrogen) atoms. The minimum absolute atomic E-state index is 0.315. The Morgan fingerprint density at radius 3 is 2.65 bits per heavy atom. The average molecular weight is 273 g/mol. The average Bonchev–Trinajstić information content (AvgIpc) is 2.83. The summed E-state index contributed by atoms with van der Waals surface area (Å²) in [6.45, 7) is 9.43. The number of carbonyl (C=O) groups excluding carboxylic acids is 1. The van der Waals surface area contributed by atoms with Gasteiger partial charge in [-0.2, -0.15) is 0 Å². The topological polar surface area (TPSA) is 20.3 Å². The van der Waals surface area contributed by atoms with Crippen LogP contribution >= 0.6 is 0 Å². The molecule has 0 aliphatic heterocycles. The van der Waals surface area contributed by atoms with Gasteiger partial charge < -0.3 is 4.90 Å². The van der Waals surface area contributed by atoms with Gasteiger partial charge in [0.1, 0.15) is 0 Å². The molecule has 2 atom stereocenters. The molecule has 0 fully saturated rings. The fourth-order valence-corrected chi connectivity index (χ4v) is 3.24. The van der Waals surface area contributed by atoms with Crippen molar-refractivity contribution in [2.45, 2.75) is 58.9 Å². The third-order valence-corrected chi connectivity index (χ3v) is 4.80. The lowest BCUT2D eigenvalue weighted by Gasteiger charge is -2.31. The second kappa shape index (κ2) is 6.43. The number of benzene rings is 1. The lowest BCUT2D eigenvalue weighted by atomic mass is 9.96. The number of hydrogen-bond acceptors (Lipinski definition) is 1. The van der Waals surface area contributed by atoms with Gasteiger partial charge in [0.2, 0.25) is 5.91 Å². The second-order valence-corrected chi connectivity index (χ2v) is 6.30. The van der Waals surface area contributed by atoms with Crippen molar-refractivity contribution in [3.63, 3.8) is 0 Å². The van der Waals surface area contributed by atoms with Crippen LogP contribution in [-0.4, -0.2) is 23.4 Å². The zero-order valence-corrected chi connectivity index (χ0v) is 13.2. The maximum atomic E-state index is 12.6. The first-order valence-corrected chi connectivity index (χ1v) is 7.91. The van der Waals surface area contributed by atoms with Crippen LogP contribution in [0.15, 0.2) is 24.3 Å². The number of carbonyl (C=O) groups is 1. The molecule has 0 saturated heterocycles. The number of hydrogen-bond donors (Lipinski definition) is 0. The van der Waals surface area contributed by atoms with Crippen molar-refractivity contribution >= 4 is 5.91 Å². The van der Waals surface area contributed by atoms with Crippen LogP contribution in [0.3, 0.4) is 0 Å². The van der Waals surface area contributed by atoms with Gasteiger partial charge in [-0.05, 0) is 49.7 Å². The van der Waals surface area contributed by atoms with E-state index < -0.39 is 0 Å². The van der Waals surface area contributed by atoms with E-state index in [-0.39, 0.29) is 0 Å². The molecule has 2 rings (SSSR count). The first kappa shape index (κ1) is 15.1. The minimum atomic E-state index is 0.315. The van der Waals surface area contributed by atoms with E-state index in [1.54, 1.807) is 0 Å². The molecule has 0 heterocycles. The van der Waals surface area contributed by atoms with Gasteiger partial charge in [-0.15, -0.1) is 0 Å². The molecule has 1 amide bonds. The van der Waals surface area contributed by atoms with Gasteiger partial charge in [-0.1, -0.05) is 38.1 Å². The van der Waals surface area contributed by atoms with Crippen molar-refractivity contribution in [3.8, 4) is 0 Å². The van der Waals surface area contributed by atoms with E-state index in [0.29, 0.717) is 30.2 Å². The molecule has 0 radical (unpaired) electrons. The van der Waals surface area contributed by atoms with Crippen LogP contribution in [-0.2, 0) is 11.2 Å². The zero-order valence-electron chi connectivity index (χ0n) is 13.2. The van der Waals surface area contributed by atoms with E-state index in [1.165, 1.54) is 11.1 Å². The fraction of sp³-hybridized carbons (Fsp3) is 0.611. The molecule has 1 aromatic carbocycles. The quantitative estimate of drug-likeness (QED) is 0.794. The van der Waals surface area contributed by atoms with Gasteiger partial charge in [0.15, 0.2) is 0 Å². The Balaban J connectivity index is 2.05. The first-order valence-electron chi connectivity index (χ1n) is 7.91. The van der Waals surface area contributed by atoms with Gasteiger partial charge in [0, 0.05) is 19.0 Å². The maximum absolute atomic E-state index is 12.6. The van der Waals surface area contributed by atoms with Crippen LogP contribution in [0.2, 0.25) is 0 Å². The summed E-state index contributed by atoms with van der Waals surface area (Å²) in [4.78, 5) is 14.7. The van der Waals surface area contributed by atoms with Crippen LogP contribution in [0.1, 0.15) is 57.6 Å². The van der Waals surface area contributed by atoms with Crippen molar-refractivity contribution in [2.24, 2.45) is 5.92 Å². The molecule has 2 heteroatoms. The Kier molecular flexibility index (Phi) is 4.85. The summed E-state index contributed by atoms with van der Waals surface area (Å²) in [6.07, 6.45) is 2.92. The molecule has 2 unspecified atom stereocenters. The third kappa shape index (κ3) is 3.05. The Labute approximate surface area is 123 Å². The van der Waals surface area contributed by atoms with Gasteiger partial charge in [-0.25, -0.2) is 0 Å². The predicted octanol–water partition coefficient (Wildman–Crippen LogP) is 4.00. The summed E-state index contributed by atoms with van der Waals surface area (Å²) in [5.41, 5.74) is 2.83. The largest absolute Gasteiger partial charge is 0.340 e. The van der Waals surface area contributed by atoms with Crippen molar-refractivity contribution in [1.82, 2.24) is 4.90 Å². The van der Waals surface area contributed by atoms with E-state index in [2.05, 4.69) is 52.0 Å².